The third-order valence-electron chi connectivity index (χ3n) is 4.16. The predicted octanol–water partition coefficient (Wildman–Crippen LogP) is 4.56. The molecule has 0 saturated heterocycles. The van der Waals surface area contributed by atoms with Crippen LogP contribution in [0.4, 0.5) is 0 Å². The number of hydrogen-bond acceptors (Lipinski definition) is 6. The van der Waals surface area contributed by atoms with Gasteiger partial charge in [0.05, 0.1) is 17.5 Å². The van der Waals surface area contributed by atoms with Crippen LogP contribution in [0.2, 0.25) is 0 Å². The van der Waals surface area contributed by atoms with E-state index in [0.29, 0.717) is 11.8 Å². The van der Waals surface area contributed by atoms with Crippen LogP contribution >= 0.6 is 11.8 Å². The van der Waals surface area contributed by atoms with Gasteiger partial charge in [-0.15, -0.1) is 0 Å². The normalized spacial score (nSPS) is 24.3. The first-order valence-electron chi connectivity index (χ1n) is 9.07. The van der Waals surface area contributed by atoms with Gasteiger partial charge in [-0.05, 0) is 50.8 Å². The highest BCUT2D eigenvalue weighted by Crippen LogP contribution is 2.33. The van der Waals surface area contributed by atoms with Gasteiger partial charge in [0.25, 0.3) is 0 Å². The van der Waals surface area contributed by atoms with Gasteiger partial charge in [0, 0.05) is 12.0 Å². The second-order valence-electron chi connectivity index (χ2n) is 6.50. The van der Waals surface area contributed by atoms with Crippen molar-refractivity contribution in [3.8, 4) is 0 Å². The van der Waals surface area contributed by atoms with Crippen LogP contribution in [0.25, 0.3) is 0 Å². The average molecular weight is 385 g/mol. The van der Waals surface area contributed by atoms with Gasteiger partial charge in [-0.1, -0.05) is 53.4 Å². The van der Waals surface area contributed by atoms with E-state index in [-0.39, 0.29) is 5.54 Å². The molecule has 0 saturated carbocycles. The predicted molar refractivity (Wildman–Crippen MR) is 119 cm³/mol. The van der Waals surface area contributed by atoms with Gasteiger partial charge in [0.2, 0.25) is 0 Å². The number of rotatable bonds is 7. The molecular formula is C21H28N4OS. The van der Waals surface area contributed by atoms with Gasteiger partial charge < -0.3 is 10.6 Å². The van der Waals surface area contributed by atoms with Crippen LogP contribution in [0.5, 0.6) is 0 Å². The lowest BCUT2D eigenvalue weighted by Gasteiger charge is -2.30. The minimum atomic E-state index is -0.322. The van der Waals surface area contributed by atoms with Gasteiger partial charge >= 0.3 is 0 Å². The van der Waals surface area contributed by atoms with Crippen LogP contribution in [-0.2, 0) is 4.84 Å². The van der Waals surface area contributed by atoms with Gasteiger partial charge in [-0.2, -0.15) is 0 Å². The molecule has 0 radical (unpaired) electrons. The minimum absolute atomic E-state index is 0.322. The summed E-state index contributed by atoms with van der Waals surface area (Å²) in [5.41, 5.74) is 8.62. The standard InChI is InChI=1S/C21H28N4OS/c1-4-5-9-18(21(3)11-13-27-20(22)25-21)14-17(2)15-24-26-16-19-10-7-6-8-12-23-19/h4-6,8-10,12,14-15H,7,11,13,16H2,1-3H3,(H2,22,25)/b5-4-,17-14+,18-9+,24-15+. The van der Waals surface area contributed by atoms with Crippen LogP contribution in [0.15, 0.2) is 74.5 Å². The van der Waals surface area contributed by atoms with E-state index in [1.54, 1.807) is 24.2 Å². The molecule has 2 N–H and O–H groups in total. The van der Waals surface area contributed by atoms with Crippen molar-refractivity contribution in [1.29, 1.82) is 0 Å². The molecule has 0 aliphatic carbocycles. The summed E-state index contributed by atoms with van der Waals surface area (Å²) < 4.78 is 0. The third-order valence-corrected chi connectivity index (χ3v) is 4.96. The second kappa shape index (κ2) is 10.7. The van der Waals surface area contributed by atoms with Crippen molar-refractivity contribution in [2.24, 2.45) is 20.9 Å². The van der Waals surface area contributed by atoms with E-state index >= 15 is 0 Å². The molecule has 1 atom stereocenters. The summed E-state index contributed by atoms with van der Waals surface area (Å²) in [7, 11) is 0. The molecule has 6 heteroatoms. The summed E-state index contributed by atoms with van der Waals surface area (Å²) >= 11 is 1.61. The Morgan fingerprint density at radius 2 is 2.33 bits per heavy atom. The maximum Gasteiger partial charge on any atom is 0.158 e. The van der Waals surface area contributed by atoms with E-state index < -0.39 is 0 Å². The number of nitrogens with two attached hydrogens (primary N) is 1. The number of aliphatic imine (C=N–C) groups is 2. The van der Waals surface area contributed by atoms with Crippen LogP contribution in [-0.4, -0.2) is 35.5 Å². The molecule has 0 bridgehead atoms. The number of allylic oxidation sites excluding steroid dienone is 7. The van der Waals surface area contributed by atoms with Crippen molar-refractivity contribution >= 4 is 29.4 Å². The van der Waals surface area contributed by atoms with E-state index in [2.05, 4.69) is 29.2 Å². The second-order valence-corrected chi connectivity index (χ2v) is 7.62. The fraction of sp³-hybridized carbons (Fsp3) is 0.381. The molecule has 27 heavy (non-hydrogen) atoms. The number of amidine groups is 1. The molecule has 2 heterocycles. The first-order valence-corrected chi connectivity index (χ1v) is 10.1. The SMILES string of the molecule is C\C=C/C=C(\C=C(C)\C=N\OCC1=CCC=CC=N1)C1(C)CCSC(N)=N1. The Morgan fingerprint density at radius 1 is 1.48 bits per heavy atom. The fourth-order valence-corrected chi connectivity index (χ4v) is 3.59. The molecule has 2 aliphatic heterocycles. The lowest BCUT2D eigenvalue weighted by Crippen LogP contribution is -2.32. The monoisotopic (exact) mass is 384 g/mol. The van der Waals surface area contributed by atoms with E-state index in [0.717, 1.165) is 35.4 Å². The van der Waals surface area contributed by atoms with E-state index in [1.807, 2.05) is 44.2 Å². The number of hydrogen-bond donors (Lipinski definition) is 1. The van der Waals surface area contributed by atoms with Crippen molar-refractivity contribution < 1.29 is 4.84 Å². The van der Waals surface area contributed by atoms with Crippen LogP contribution in [0.1, 0.15) is 33.6 Å². The van der Waals surface area contributed by atoms with Crippen molar-refractivity contribution in [2.75, 3.05) is 12.4 Å². The molecule has 1 unspecified atom stereocenters. The summed E-state index contributed by atoms with van der Waals surface area (Å²) in [5.74, 6) is 0.966. The lowest BCUT2D eigenvalue weighted by atomic mass is 9.87. The summed E-state index contributed by atoms with van der Waals surface area (Å²) in [6.45, 7) is 6.48. The Labute approximate surface area is 166 Å². The molecule has 0 spiro atoms. The van der Waals surface area contributed by atoms with Crippen LogP contribution < -0.4 is 5.73 Å². The largest absolute Gasteiger partial charge is 0.389 e. The zero-order valence-electron chi connectivity index (χ0n) is 16.3. The van der Waals surface area contributed by atoms with E-state index in [4.69, 9.17) is 15.6 Å². The molecule has 2 rings (SSSR count). The minimum Gasteiger partial charge on any atom is -0.389 e. The topological polar surface area (TPSA) is 72.3 Å². The average Bonchev–Trinajstić information content (AvgIpc) is 2.91. The zero-order chi connectivity index (χ0) is 19.5. The van der Waals surface area contributed by atoms with E-state index in [9.17, 15) is 0 Å². The number of oxime groups is 1. The Morgan fingerprint density at radius 3 is 3.11 bits per heavy atom. The quantitative estimate of drug-likeness (QED) is 0.397. The number of nitrogens with zero attached hydrogens (tertiary/aromatic N) is 3. The molecule has 5 nitrogen and oxygen atoms in total. The summed E-state index contributed by atoms with van der Waals surface area (Å²) in [4.78, 5) is 14.4. The summed E-state index contributed by atoms with van der Waals surface area (Å²) in [6.07, 6.45) is 19.5. The summed E-state index contributed by atoms with van der Waals surface area (Å²) in [6, 6.07) is 0. The third kappa shape index (κ3) is 7.06. The summed E-state index contributed by atoms with van der Waals surface area (Å²) in [5, 5.41) is 4.72. The molecule has 0 aromatic rings. The maximum absolute atomic E-state index is 5.97. The Kier molecular flexibility index (Phi) is 8.33. The van der Waals surface area contributed by atoms with Gasteiger partial charge in [0.15, 0.2) is 11.8 Å². The van der Waals surface area contributed by atoms with Gasteiger partial charge in [-0.25, -0.2) is 0 Å². The van der Waals surface area contributed by atoms with Crippen LogP contribution in [0, 0.1) is 0 Å². The smallest absolute Gasteiger partial charge is 0.158 e. The first kappa shape index (κ1) is 21.0. The Bertz CT molecular complexity index is 756. The number of thioether (sulfide) groups is 1. The molecule has 0 amide bonds. The molecule has 2 aliphatic rings. The molecular weight excluding hydrogens is 356 g/mol. The maximum atomic E-state index is 5.97. The Hall–Kier alpha value is -2.34. The lowest BCUT2D eigenvalue weighted by molar-refractivity contribution is 0.169. The van der Waals surface area contributed by atoms with E-state index in [1.165, 1.54) is 0 Å². The molecule has 0 aromatic heterocycles. The Balaban J connectivity index is 2.05. The van der Waals surface area contributed by atoms with Gasteiger partial charge in [-0.3, -0.25) is 9.98 Å². The molecule has 0 fully saturated rings. The van der Waals surface area contributed by atoms with Crippen LogP contribution in [0.3, 0.4) is 0 Å². The van der Waals surface area contributed by atoms with Crippen molar-refractivity contribution in [3.05, 3.63) is 59.4 Å². The van der Waals surface area contributed by atoms with Crippen molar-refractivity contribution in [1.82, 2.24) is 0 Å². The highest BCUT2D eigenvalue weighted by molar-refractivity contribution is 8.13. The van der Waals surface area contributed by atoms with Crippen molar-refractivity contribution in [2.45, 2.75) is 39.2 Å². The van der Waals surface area contributed by atoms with Gasteiger partial charge in [0.1, 0.15) is 0 Å². The van der Waals surface area contributed by atoms with Crippen molar-refractivity contribution in [3.63, 3.8) is 0 Å². The molecule has 0 aromatic carbocycles. The fourth-order valence-electron chi connectivity index (χ4n) is 2.62. The molecule has 144 valence electrons. The highest BCUT2D eigenvalue weighted by Gasteiger charge is 2.30. The zero-order valence-corrected chi connectivity index (χ0v) is 17.1. The highest BCUT2D eigenvalue weighted by atomic mass is 32.2. The first-order chi connectivity index (χ1) is 13.0.